The molecule has 0 atom stereocenters. The predicted molar refractivity (Wildman–Crippen MR) is 81.7 cm³/mol. The van der Waals surface area contributed by atoms with Crippen LogP contribution < -0.4 is 4.74 Å². The monoisotopic (exact) mass is 300 g/mol. The van der Waals surface area contributed by atoms with Crippen LogP contribution in [0.15, 0.2) is 12.1 Å². The summed E-state index contributed by atoms with van der Waals surface area (Å²) in [5.74, 6) is 0.889. The lowest BCUT2D eigenvalue weighted by atomic mass is 9.84. The molecular formula is C15H25O4P. The molecule has 0 aliphatic rings. The van der Waals surface area contributed by atoms with Crippen LogP contribution in [-0.4, -0.2) is 22.6 Å². The van der Waals surface area contributed by atoms with Gasteiger partial charge in [-0.05, 0) is 36.8 Å². The van der Waals surface area contributed by atoms with Crippen molar-refractivity contribution in [2.24, 2.45) is 0 Å². The van der Waals surface area contributed by atoms with Gasteiger partial charge in [-0.25, -0.2) is 0 Å². The Balaban J connectivity index is 3.18. The van der Waals surface area contributed by atoms with Crippen LogP contribution in [-0.2, 0) is 16.4 Å². The molecular weight excluding hydrogens is 275 g/mol. The van der Waals surface area contributed by atoms with Crippen molar-refractivity contribution in [1.29, 1.82) is 0 Å². The largest absolute Gasteiger partial charge is 0.493 e. The lowest BCUT2D eigenvalue weighted by Gasteiger charge is -2.25. The van der Waals surface area contributed by atoms with E-state index in [4.69, 9.17) is 14.5 Å². The van der Waals surface area contributed by atoms with E-state index in [0.717, 1.165) is 22.4 Å². The topological polar surface area (TPSA) is 66.8 Å². The highest BCUT2D eigenvalue weighted by Crippen LogP contribution is 2.38. The van der Waals surface area contributed by atoms with Gasteiger partial charge in [-0.3, -0.25) is 4.57 Å². The zero-order chi connectivity index (χ0) is 15.6. The Morgan fingerprint density at radius 1 is 1.25 bits per heavy atom. The third-order valence-electron chi connectivity index (χ3n) is 3.12. The van der Waals surface area contributed by atoms with Gasteiger partial charge in [0.1, 0.15) is 5.75 Å². The smallest absolute Gasteiger partial charge is 0.325 e. The van der Waals surface area contributed by atoms with Crippen LogP contribution in [0.2, 0.25) is 0 Å². The lowest BCUT2D eigenvalue weighted by Crippen LogP contribution is -2.15. The van der Waals surface area contributed by atoms with Crippen molar-refractivity contribution in [2.45, 2.75) is 46.5 Å². The SMILES string of the molecule is CCOc1c(C)cc(CCP(=O)(O)O)cc1C(C)(C)C. The predicted octanol–water partition coefficient (Wildman–Crippen LogP) is 3.41. The van der Waals surface area contributed by atoms with Crippen LogP contribution in [0, 0.1) is 6.92 Å². The van der Waals surface area contributed by atoms with E-state index in [1.54, 1.807) is 0 Å². The Bertz CT molecular complexity index is 511. The van der Waals surface area contributed by atoms with Crippen LogP contribution in [0.5, 0.6) is 5.75 Å². The van der Waals surface area contributed by atoms with Crippen molar-refractivity contribution >= 4 is 7.60 Å². The summed E-state index contributed by atoms with van der Waals surface area (Å²) in [5, 5.41) is 0. The van der Waals surface area contributed by atoms with E-state index in [2.05, 4.69) is 20.8 Å². The van der Waals surface area contributed by atoms with Crippen molar-refractivity contribution in [3.05, 3.63) is 28.8 Å². The molecule has 0 bridgehead atoms. The summed E-state index contributed by atoms with van der Waals surface area (Å²) < 4.78 is 16.8. The molecule has 0 aliphatic carbocycles. The summed E-state index contributed by atoms with van der Waals surface area (Å²) in [7, 11) is -3.96. The molecule has 0 radical (unpaired) electrons. The average molecular weight is 300 g/mol. The number of hydrogen-bond acceptors (Lipinski definition) is 2. The minimum Gasteiger partial charge on any atom is -0.493 e. The van der Waals surface area contributed by atoms with Crippen molar-refractivity contribution < 1.29 is 19.1 Å². The summed E-state index contributed by atoms with van der Waals surface area (Å²) in [6, 6.07) is 3.96. The highest BCUT2D eigenvalue weighted by molar-refractivity contribution is 7.51. The van der Waals surface area contributed by atoms with Gasteiger partial charge in [-0.2, -0.15) is 0 Å². The summed E-state index contributed by atoms with van der Waals surface area (Å²) in [4.78, 5) is 18.0. The van der Waals surface area contributed by atoms with E-state index >= 15 is 0 Å². The molecule has 0 fully saturated rings. The van der Waals surface area contributed by atoms with Gasteiger partial charge >= 0.3 is 7.60 Å². The fraction of sp³-hybridized carbons (Fsp3) is 0.600. The van der Waals surface area contributed by atoms with Gasteiger partial charge in [0, 0.05) is 5.56 Å². The number of rotatable bonds is 5. The number of aryl methyl sites for hydroxylation is 2. The van der Waals surface area contributed by atoms with E-state index in [1.807, 2.05) is 26.0 Å². The van der Waals surface area contributed by atoms with E-state index < -0.39 is 7.60 Å². The molecule has 0 saturated heterocycles. The van der Waals surface area contributed by atoms with Crippen LogP contribution in [0.3, 0.4) is 0 Å². The first kappa shape index (κ1) is 17.2. The molecule has 20 heavy (non-hydrogen) atoms. The number of hydrogen-bond donors (Lipinski definition) is 2. The second-order valence-corrected chi connectivity index (χ2v) is 7.89. The maximum absolute atomic E-state index is 11.0. The molecule has 0 aliphatic heterocycles. The molecule has 0 saturated carbocycles. The second kappa shape index (κ2) is 6.30. The normalized spacial score (nSPS) is 12.6. The molecule has 0 aromatic heterocycles. The zero-order valence-corrected chi connectivity index (χ0v) is 13.8. The average Bonchev–Trinajstić information content (AvgIpc) is 2.27. The Labute approximate surface area is 121 Å². The van der Waals surface area contributed by atoms with Gasteiger partial charge in [0.05, 0.1) is 12.8 Å². The molecule has 0 unspecified atom stereocenters. The van der Waals surface area contributed by atoms with Gasteiger partial charge in [0.2, 0.25) is 0 Å². The standard InChI is InChI=1S/C15H25O4P/c1-6-19-14-11(2)9-12(7-8-20(16,17)18)10-13(14)15(3,4)5/h9-10H,6-8H2,1-5H3,(H2,16,17,18). The molecule has 0 amide bonds. The molecule has 114 valence electrons. The van der Waals surface area contributed by atoms with Crippen LogP contribution >= 0.6 is 7.60 Å². The van der Waals surface area contributed by atoms with Crippen LogP contribution in [0.1, 0.15) is 44.4 Å². The number of benzene rings is 1. The third-order valence-corrected chi connectivity index (χ3v) is 3.93. The highest BCUT2D eigenvalue weighted by atomic mass is 31.2. The summed E-state index contributed by atoms with van der Waals surface area (Å²) in [6.07, 6.45) is 0.255. The Morgan fingerprint density at radius 3 is 2.30 bits per heavy atom. The quantitative estimate of drug-likeness (QED) is 0.818. The molecule has 5 heteroatoms. The maximum atomic E-state index is 11.0. The van der Waals surface area contributed by atoms with Crippen LogP contribution in [0.25, 0.3) is 0 Å². The zero-order valence-electron chi connectivity index (χ0n) is 12.9. The molecule has 0 spiro atoms. The Morgan fingerprint density at radius 2 is 1.85 bits per heavy atom. The van der Waals surface area contributed by atoms with Crippen molar-refractivity contribution in [2.75, 3.05) is 12.8 Å². The Hall–Kier alpha value is -0.830. The summed E-state index contributed by atoms with van der Waals surface area (Å²) in [5.41, 5.74) is 2.96. The highest BCUT2D eigenvalue weighted by Gasteiger charge is 2.22. The fourth-order valence-electron chi connectivity index (χ4n) is 2.16. The van der Waals surface area contributed by atoms with Crippen molar-refractivity contribution in [3.8, 4) is 5.75 Å². The third kappa shape index (κ3) is 4.93. The van der Waals surface area contributed by atoms with Gasteiger partial charge < -0.3 is 14.5 Å². The molecule has 0 heterocycles. The first-order valence-corrected chi connectivity index (χ1v) is 8.65. The van der Waals surface area contributed by atoms with Crippen molar-refractivity contribution in [3.63, 3.8) is 0 Å². The van der Waals surface area contributed by atoms with E-state index in [9.17, 15) is 4.57 Å². The Kier molecular flexibility index (Phi) is 5.42. The lowest BCUT2D eigenvalue weighted by molar-refractivity contribution is 0.327. The van der Waals surface area contributed by atoms with E-state index in [-0.39, 0.29) is 11.6 Å². The van der Waals surface area contributed by atoms with Gasteiger partial charge in [-0.15, -0.1) is 0 Å². The maximum Gasteiger partial charge on any atom is 0.325 e. The molecule has 1 aromatic rings. The molecule has 1 rings (SSSR count). The summed E-state index contributed by atoms with van der Waals surface area (Å²) in [6.45, 7) is 10.9. The minimum absolute atomic E-state index is 0.0760. The van der Waals surface area contributed by atoms with E-state index in [1.165, 1.54) is 0 Å². The molecule has 4 nitrogen and oxygen atoms in total. The first-order valence-electron chi connectivity index (χ1n) is 6.86. The first-order chi connectivity index (χ1) is 9.04. The summed E-state index contributed by atoms with van der Waals surface area (Å²) >= 11 is 0. The molecule has 2 N–H and O–H groups in total. The van der Waals surface area contributed by atoms with Gasteiger partial charge in [0.15, 0.2) is 0 Å². The van der Waals surface area contributed by atoms with Crippen LogP contribution in [0.4, 0.5) is 0 Å². The van der Waals surface area contributed by atoms with Gasteiger partial charge in [0.25, 0.3) is 0 Å². The minimum atomic E-state index is -3.96. The van der Waals surface area contributed by atoms with E-state index in [0.29, 0.717) is 13.0 Å². The molecule has 1 aromatic carbocycles. The second-order valence-electron chi connectivity index (χ2n) is 6.11. The van der Waals surface area contributed by atoms with Crippen molar-refractivity contribution in [1.82, 2.24) is 0 Å². The number of ether oxygens (including phenoxy) is 1. The van der Waals surface area contributed by atoms with Gasteiger partial charge in [-0.1, -0.05) is 32.9 Å². The fourth-order valence-corrected chi connectivity index (χ4v) is 2.71.